The number of methoxy groups -OCH3 is 1. The predicted molar refractivity (Wildman–Crippen MR) is 91.8 cm³/mol. The monoisotopic (exact) mass is 348 g/mol. The number of alkyl halides is 3. The number of aromatic nitrogens is 1. The molecule has 2 aromatic carbocycles. The summed E-state index contributed by atoms with van der Waals surface area (Å²) in [6.45, 7) is 0.334. The van der Waals surface area contributed by atoms with Gasteiger partial charge in [0.05, 0.1) is 12.7 Å². The average molecular weight is 348 g/mol. The minimum Gasteiger partial charge on any atom is -0.497 e. The number of benzene rings is 2. The van der Waals surface area contributed by atoms with Crippen molar-refractivity contribution in [3.05, 3.63) is 65.4 Å². The van der Waals surface area contributed by atoms with Gasteiger partial charge in [-0.1, -0.05) is 18.2 Å². The summed E-state index contributed by atoms with van der Waals surface area (Å²) < 4.78 is 44.0. The van der Waals surface area contributed by atoms with E-state index in [1.165, 1.54) is 12.1 Å². The summed E-state index contributed by atoms with van der Waals surface area (Å²) in [4.78, 5) is 3.18. The minimum absolute atomic E-state index is 0.0932. The van der Waals surface area contributed by atoms with E-state index in [0.29, 0.717) is 18.5 Å². The van der Waals surface area contributed by atoms with E-state index in [1.807, 2.05) is 24.4 Å². The van der Waals surface area contributed by atoms with E-state index in [9.17, 15) is 13.2 Å². The van der Waals surface area contributed by atoms with Gasteiger partial charge in [-0.15, -0.1) is 0 Å². The van der Waals surface area contributed by atoms with Gasteiger partial charge in [-0.25, -0.2) is 0 Å². The maximum Gasteiger partial charge on any atom is 0.416 e. The van der Waals surface area contributed by atoms with Crippen LogP contribution in [0.1, 0.15) is 22.6 Å². The number of hydrogen-bond donors (Lipinski definition) is 2. The maximum atomic E-state index is 12.9. The third kappa shape index (κ3) is 3.64. The van der Waals surface area contributed by atoms with E-state index in [1.54, 1.807) is 13.2 Å². The first kappa shape index (κ1) is 17.4. The van der Waals surface area contributed by atoms with Crippen LogP contribution in [-0.4, -0.2) is 18.6 Å². The van der Waals surface area contributed by atoms with Gasteiger partial charge in [-0.3, -0.25) is 0 Å². The van der Waals surface area contributed by atoms with Crippen LogP contribution >= 0.6 is 0 Å². The van der Waals surface area contributed by atoms with Crippen LogP contribution in [0.3, 0.4) is 0 Å². The molecule has 0 aliphatic carbocycles. The van der Waals surface area contributed by atoms with Crippen LogP contribution in [-0.2, 0) is 12.6 Å². The molecule has 0 fully saturated rings. The molecular formula is C19H19F3N2O. The molecule has 0 saturated carbocycles. The number of aromatic amines is 1. The topological polar surface area (TPSA) is 51.0 Å². The molecule has 132 valence electrons. The van der Waals surface area contributed by atoms with Crippen molar-refractivity contribution in [2.24, 2.45) is 5.73 Å². The highest BCUT2D eigenvalue weighted by Crippen LogP contribution is 2.33. The number of nitrogens with two attached hydrogens (primary N) is 1. The van der Waals surface area contributed by atoms with Gasteiger partial charge in [-0.05, 0) is 48.4 Å². The number of hydrogen-bond acceptors (Lipinski definition) is 2. The Bertz CT molecular complexity index is 870. The van der Waals surface area contributed by atoms with Crippen molar-refractivity contribution < 1.29 is 17.9 Å². The minimum atomic E-state index is -4.34. The Balaban J connectivity index is 1.93. The Morgan fingerprint density at radius 3 is 2.64 bits per heavy atom. The van der Waals surface area contributed by atoms with Crippen LogP contribution in [0.5, 0.6) is 5.75 Å². The molecule has 0 radical (unpaired) electrons. The zero-order chi connectivity index (χ0) is 18.0. The molecule has 3 aromatic rings. The first-order valence-electron chi connectivity index (χ1n) is 7.93. The Hall–Kier alpha value is -2.47. The summed E-state index contributed by atoms with van der Waals surface area (Å²) in [5.41, 5.74) is 7.83. The summed E-state index contributed by atoms with van der Waals surface area (Å²) >= 11 is 0. The van der Waals surface area contributed by atoms with Gasteiger partial charge < -0.3 is 15.5 Å². The third-order valence-electron chi connectivity index (χ3n) is 4.38. The Labute approximate surface area is 143 Å². The van der Waals surface area contributed by atoms with E-state index >= 15 is 0 Å². The first-order valence-corrected chi connectivity index (χ1v) is 7.93. The van der Waals surface area contributed by atoms with Crippen LogP contribution in [0.4, 0.5) is 13.2 Å². The molecule has 0 aliphatic rings. The molecular weight excluding hydrogens is 329 g/mol. The van der Waals surface area contributed by atoms with Crippen LogP contribution < -0.4 is 10.5 Å². The first-order chi connectivity index (χ1) is 11.9. The zero-order valence-electron chi connectivity index (χ0n) is 13.7. The molecule has 25 heavy (non-hydrogen) atoms. The van der Waals surface area contributed by atoms with Crippen LogP contribution in [0.15, 0.2) is 48.7 Å². The van der Waals surface area contributed by atoms with E-state index in [4.69, 9.17) is 10.5 Å². The van der Waals surface area contributed by atoms with Crippen LogP contribution in [0.25, 0.3) is 10.9 Å². The quantitative estimate of drug-likeness (QED) is 0.714. The molecule has 0 aliphatic heterocycles. The second-order valence-electron chi connectivity index (χ2n) is 5.99. The Morgan fingerprint density at radius 2 is 1.96 bits per heavy atom. The molecule has 0 spiro atoms. The lowest BCUT2D eigenvalue weighted by atomic mass is 9.91. The van der Waals surface area contributed by atoms with Crippen molar-refractivity contribution in [3.8, 4) is 5.75 Å². The molecule has 0 saturated heterocycles. The smallest absolute Gasteiger partial charge is 0.416 e. The van der Waals surface area contributed by atoms with E-state index in [-0.39, 0.29) is 5.92 Å². The molecule has 3 rings (SSSR count). The molecule has 1 unspecified atom stereocenters. The largest absolute Gasteiger partial charge is 0.497 e. The standard InChI is InChI=1S/C19H19F3N2O/c1-25-15-5-6-18-16(9-15)17(11-24-18)13(10-23)7-12-3-2-4-14(8-12)19(20,21)22/h2-6,8-9,11,13,24H,7,10,23H2,1H3. The molecule has 6 heteroatoms. The normalized spacial score (nSPS) is 13.2. The van der Waals surface area contributed by atoms with Gasteiger partial charge in [-0.2, -0.15) is 13.2 Å². The summed E-state index contributed by atoms with van der Waals surface area (Å²) in [6, 6.07) is 11.1. The summed E-state index contributed by atoms with van der Waals surface area (Å²) in [5.74, 6) is 0.632. The summed E-state index contributed by atoms with van der Waals surface area (Å²) in [6.07, 6.45) is -2.04. The molecule has 3 nitrogen and oxygen atoms in total. The fourth-order valence-electron chi connectivity index (χ4n) is 3.07. The van der Waals surface area contributed by atoms with Crippen molar-refractivity contribution in [2.45, 2.75) is 18.5 Å². The van der Waals surface area contributed by atoms with Crippen molar-refractivity contribution in [3.63, 3.8) is 0 Å². The number of fused-ring (bicyclic) bond motifs is 1. The fraction of sp³-hybridized carbons (Fsp3) is 0.263. The van der Waals surface area contributed by atoms with Gasteiger partial charge in [0.15, 0.2) is 0 Å². The van der Waals surface area contributed by atoms with Crippen LogP contribution in [0, 0.1) is 0 Å². The fourth-order valence-corrected chi connectivity index (χ4v) is 3.07. The highest BCUT2D eigenvalue weighted by Gasteiger charge is 2.30. The number of rotatable bonds is 5. The molecule has 1 atom stereocenters. The highest BCUT2D eigenvalue weighted by atomic mass is 19.4. The predicted octanol–water partition coefficient (Wildman–Crippen LogP) is 4.48. The highest BCUT2D eigenvalue weighted by molar-refractivity contribution is 5.85. The van der Waals surface area contributed by atoms with Crippen LogP contribution in [0.2, 0.25) is 0 Å². The summed E-state index contributed by atoms with van der Waals surface area (Å²) in [5, 5.41) is 0.974. The van der Waals surface area contributed by atoms with E-state index < -0.39 is 11.7 Å². The Morgan fingerprint density at radius 1 is 1.16 bits per heavy atom. The molecule has 1 aromatic heterocycles. The second kappa shape index (κ2) is 6.80. The molecule has 3 N–H and O–H groups in total. The number of halogens is 3. The lowest BCUT2D eigenvalue weighted by molar-refractivity contribution is -0.137. The second-order valence-corrected chi connectivity index (χ2v) is 5.99. The van der Waals surface area contributed by atoms with Gasteiger partial charge in [0, 0.05) is 23.0 Å². The van der Waals surface area contributed by atoms with Crippen molar-refractivity contribution in [2.75, 3.05) is 13.7 Å². The Kier molecular flexibility index (Phi) is 4.72. The average Bonchev–Trinajstić information content (AvgIpc) is 3.02. The molecule has 1 heterocycles. The van der Waals surface area contributed by atoms with Crippen molar-refractivity contribution in [1.82, 2.24) is 4.98 Å². The van der Waals surface area contributed by atoms with Crippen molar-refractivity contribution >= 4 is 10.9 Å². The lowest BCUT2D eigenvalue weighted by Crippen LogP contribution is -2.15. The van der Waals surface area contributed by atoms with Gasteiger partial charge in [0.25, 0.3) is 0 Å². The van der Waals surface area contributed by atoms with E-state index in [0.717, 1.165) is 28.3 Å². The van der Waals surface area contributed by atoms with Gasteiger partial charge in [0.1, 0.15) is 5.75 Å². The molecule has 0 bridgehead atoms. The third-order valence-corrected chi connectivity index (χ3v) is 4.38. The van der Waals surface area contributed by atoms with Gasteiger partial charge in [0.2, 0.25) is 0 Å². The summed E-state index contributed by atoms with van der Waals surface area (Å²) in [7, 11) is 1.59. The van der Waals surface area contributed by atoms with Crippen molar-refractivity contribution in [1.29, 1.82) is 0 Å². The number of H-pyrrole nitrogens is 1. The maximum absolute atomic E-state index is 12.9. The van der Waals surface area contributed by atoms with E-state index in [2.05, 4.69) is 4.98 Å². The SMILES string of the molecule is COc1ccc2[nH]cc(C(CN)Cc3cccc(C(F)(F)F)c3)c2c1. The zero-order valence-corrected chi connectivity index (χ0v) is 13.7. The number of nitrogens with one attached hydrogen (secondary N) is 1. The lowest BCUT2D eigenvalue weighted by Gasteiger charge is -2.16. The molecule has 0 amide bonds. The van der Waals surface area contributed by atoms with Gasteiger partial charge >= 0.3 is 6.18 Å². The number of ether oxygens (including phenoxy) is 1.